The van der Waals surface area contributed by atoms with E-state index in [4.69, 9.17) is 28.9 Å². The Morgan fingerprint density at radius 1 is 1.10 bits per heavy atom. The minimum absolute atomic E-state index is 0.0249. The zero-order valence-corrected chi connectivity index (χ0v) is 11.4. The molecule has 7 heteroatoms. The SMILES string of the molecule is Nc1c(Cl)cc(Cl)cc1-c1nc2c(F)cc(F)cc2[nH]1. The quantitative estimate of drug-likeness (QED) is 0.654. The summed E-state index contributed by atoms with van der Waals surface area (Å²) >= 11 is 11.9. The molecule has 20 heavy (non-hydrogen) atoms. The third kappa shape index (κ3) is 2.09. The number of benzene rings is 2. The summed E-state index contributed by atoms with van der Waals surface area (Å²) in [6.07, 6.45) is 0. The fourth-order valence-corrected chi connectivity index (χ4v) is 2.44. The second-order valence-electron chi connectivity index (χ2n) is 4.22. The van der Waals surface area contributed by atoms with Crippen molar-refractivity contribution in [1.82, 2.24) is 9.97 Å². The van der Waals surface area contributed by atoms with Crippen LogP contribution in [0.1, 0.15) is 0 Å². The van der Waals surface area contributed by atoms with Gasteiger partial charge in [0.25, 0.3) is 0 Å². The van der Waals surface area contributed by atoms with Crippen molar-refractivity contribution in [3.05, 3.63) is 45.9 Å². The Bertz CT molecular complexity index is 830. The molecule has 3 N–H and O–H groups in total. The maximum Gasteiger partial charge on any atom is 0.153 e. The zero-order chi connectivity index (χ0) is 14.4. The van der Waals surface area contributed by atoms with E-state index < -0.39 is 11.6 Å². The predicted molar refractivity (Wildman–Crippen MR) is 75.9 cm³/mol. The predicted octanol–water partition coefficient (Wildman–Crippen LogP) is 4.40. The van der Waals surface area contributed by atoms with E-state index >= 15 is 0 Å². The molecule has 0 aliphatic heterocycles. The first kappa shape index (κ1) is 13.1. The van der Waals surface area contributed by atoms with Gasteiger partial charge in [-0.25, -0.2) is 13.8 Å². The Kier molecular flexibility index (Phi) is 3.03. The normalized spacial score (nSPS) is 11.2. The number of H-pyrrole nitrogens is 1. The Morgan fingerprint density at radius 3 is 2.60 bits per heavy atom. The van der Waals surface area contributed by atoms with Crippen LogP contribution in [0.4, 0.5) is 14.5 Å². The van der Waals surface area contributed by atoms with Gasteiger partial charge in [-0.1, -0.05) is 23.2 Å². The summed E-state index contributed by atoms with van der Waals surface area (Å²) in [7, 11) is 0. The van der Waals surface area contributed by atoms with Crippen LogP contribution in [0, 0.1) is 11.6 Å². The van der Waals surface area contributed by atoms with Crippen molar-refractivity contribution >= 4 is 39.9 Å². The molecule has 1 heterocycles. The van der Waals surface area contributed by atoms with Crippen molar-refractivity contribution in [2.75, 3.05) is 5.73 Å². The van der Waals surface area contributed by atoms with E-state index in [2.05, 4.69) is 9.97 Å². The highest BCUT2D eigenvalue weighted by Crippen LogP contribution is 2.34. The van der Waals surface area contributed by atoms with Crippen LogP contribution >= 0.6 is 23.2 Å². The number of aromatic nitrogens is 2. The smallest absolute Gasteiger partial charge is 0.153 e. The van der Waals surface area contributed by atoms with Crippen LogP contribution in [0.3, 0.4) is 0 Å². The number of fused-ring (bicyclic) bond motifs is 1. The van der Waals surface area contributed by atoms with Crippen molar-refractivity contribution in [1.29, 1.82) is 0 Å². The van der Waals surface area contributed by atoms with E-state index in [1.54, 1.807) is 6.07 Å². The molecule has 1 aromatic heterocycles. The highest BCUT2D eigenvalue weighted by Gasteiger charge is 2.15. The van der Waals surface area contributed by atoms with Crippen LogP contribution in [-0.4, -0.2) is 9.97 Å². The Hall–Kier alpha value is -1.85. The van der Waals surface area contributed by atoms with Crippen molar-refractivity contribution < 1.29 is 8.78 Å². The fourth-order valence-electron chi connectivity index (χ4n) is 1.95. The molecule has 0 fully saturated rings. The lowest BCUT2D eigenvalue weighted by Gasteiger charge is -2.05. The molecule has 0 unspecified atom stereocenters. The van der Waals surface area contributed by atoms with Gasteiger partial charge in [0.15, 0.2) is 5.82 Å². The second kappa shape index (κ2) is 4.61. The first-order valence-corrected chi connectivity index (χ1v) is 6.31. The van der Waals surface area contributed by atoms with E-state index in [1.807, 2.05) is 0 Å². The molecule has 0 saturated heterocycles. The van der Waals surface area contributed by atoms with Crippen LogP contribution in [0.5, 0.6) is 0 Å². The van der Waals surface area contributed by atoms with Crippen LogP contribution in [-0.2, 0) is 0 Å². The first-order chi connectivity index (χ1) is 9.45. The largest absolute Gasteiger partial charge is 0.397 e. The average Bonchev–Trinajstić information content (AvgIpc) is 2.77. The summed E-state index contributed by atoms with van der Waals surface area (Å²) in [6.45, 7) is 0. The number of nitrogens with zero attached hydrogens (tertiary/aromatic N) is 1. The average molecular weight is 314 g/mol. The molecule has 0 radical (unpaired) electrons. The van der Waals surface area contributed by atoms with Gasteiger partial charge in [-0.15, -0.1) is 0 Å². The molecule has 0 aliphatic rings. The van der Waals surface area contributed by atoms with Crippen molar-refractivity contribution in [3.63, 3.8) is 0 Å². The number of hydrogen-bond acceptors (Lipinski definition) is 2. The highest BCUT2D eigenvalue weighted by atomic mass is 35.5. The van der Waals surface area contributed by atoms with Crippen molar-refractivity contribution in [3.8, 4) is 11.4 Å². The standard InChI is InChI=1S/C13H7Cl2F2N3/c14-5-1-7(11(18)8(15)2-5)13-19-10-4-6(16)3-9(17)12(10)20-13/h1-4H,18H2,(H,19,20). The zero-order valence-electron chi connectivity index (χ0n) is 9.85. The summed E-state index contributed by atoms with van der Waals surface area (Å²) < 4.78 is 26.8. The van der Waals surface area contributed by atoms with Crippen LogP contribution in [0.2, 0.25) is 10.0 Å². The van der Waals surface area contributed by atoms with Gasteiger partial charge in [0, 0.05) is 16.7 Å². The van der Waals surface area contributed by atoms with Crippen molar-refractivity contribution in [2.45, 2.75) is 0 Å². The van der Waals surface area contributed by atoms with Gasteiger partial charge in [0.1, 0.15) is 17.2 Å². The number of rotatable bonds is 1. The number of aromatic amines is 1. The lowest BCUT2D eigenvalue weighted by atomic mass is 10.1. The van der Waals surface area contributed by atoms with E-state index in [-0.39, 0.29) is 27.6 Å². The molecule has 0 saturated carbocycles. The number of halogens is 4. The second-order valence-corrected chi connectivity index (χ2v) is 5.06. The van der Waals surface area contributed by atoms with Gasteiger partial charge < -0.3 is 10.7 Å². The van der Waals surface area contributed by atoms with Crippen LogP contribution in [0.25, 0.3) is 22.4 Å². The van der Waals surface area contributed by atoms with Gasteiger partial charge >= 0.3 is 0 Å². The lowest BCUT2D eigenvalue weighted by molar-refractivity contribution is 0.591. The molecular formula is C13H7Cl2F2N3. The van der Waals surface area contributed by atoms with Gasteiger partial charge in [-0.2, -0.15) is 0 Å². The number of nitrogens with two attached hydrogens (primary N) is 1. The van der Waals surface area contributed by atoms with Crippen molar-refractivity contribution in [2.24, 2.45) is 0 Å². The first-order valence-electron chi connectivity index (χ1n) is 5.55. The number of anilines is 1. The molecule has 3 nitrogen and oxygen atoms in total. The molecule has 3 rings (SSSR count). The summed E-state index contributed by atoms with van der Waals surface area (Å²) in [5.41, 5.74) is 6.80. The minimum Gasteiger partial charge on any atom is -0.397 e. The molecule has 3 aromatic rings. The third-order valence-electron chi connectivity index (χ3n) is 2.85. The highest BCUT2D eigenvalue weighted by molar-refractivity contribution is 6.37. The number of nitrogen functional groups attached to an aromatic ring is 1. The van der Waals surface area contributed by atoms with E-state index in [9.17, 15) is 8.78 Å². The van der Waals surface area contributed by atoms with Crippen LogP contribution in [0.15, 0.2) is 24.3 Å². The molecule has 0 bridgehead atoms. The van der Waals surface area contributed by atoms with E-state index in [1.165, 1.54) is 6.07 Å². The van der Waals surface area contributed by atoms with Gasteiger partial charge in [-0.05, 0) is 18.2 Å². The molecule has 0 atom stereocenters. The Labute approximate surface area is 122 Å². The Balaban J connectivity index is 2.28. The monoisotopic (exact) mass is 313 g/mol. The topological polar surface area (TPSA) is 54.7 Å². The van der Waals surface area contributed by atoms with Gasteiger partial charge in [-0.3, -0.25) is 0 Å². The third-order valence-corrected chi connectivity index (χ3v) is 3.39. The number of imidazole rings is 1. The minimum atomic E-state index is -0.755. The molecule has 0 amide bonds. The summed E-state index contributed by atoms with van der Waals surface area (Å²) in [4.78, 5) is 6.87. The summed E-state index contributed by atoms with van der Waals surface area (Å²) in [5.74, 6) is -1.18. The molecule has 2 aromatic carbocycles. The molecule has 0 spiro atoms. The molecular weight excluding hydrogens is 307 g/mol. The number of nitrogens with one attached hydrogen (secondary N) is 1. The maximum absolute atomic E-state index is 13.6. The maximum atomic E-state index is 13.6. The van der Waals surface area contributed by atoms with Gasteiger partial charge in [0.2, 0.25) is 0 Å². The Morgan fingerprint density at radius 2 is 1.85 bits per heavy atom. The van der Waals surface area contributed by atoms with Crippen LogP contribution < -0.4 is 5.73 Å². The van der Waals surface area contributed by atoms with E-state index in [0.717, 1.165) is 12.1 Å². The number of hydrogen-bond donors (Lipinski definition) is 2. The molecule has 102 valence electrons. The van der Waals surface area contributed by atoms with Gasteiger partial charge in [0.05, 0.1) is 16.2 Å². The summed E-state index contributed by atoms with van der Waals surface area (Å²) in [5, 5.41) is 0.630. The lowest BCUT2D eigenvalue weighted by Crippen LogP contribution is -1.93. The van der Waals surface area contributed by atoms with E-state index in [0.29, 0.717) is 10.6 Å². The fraction of sp³-hybridized carbons (Fsp3) is 0. The summed E-state index contributed by atoms with van der Waals surface area (Å²) in [6, 6.07) is 4.96. The molecule has 0 aliphatic carbocycles.